The maximum Gasteiger partial charge on any atom is 1.00 e. The third kappa shape index (κ3) is 6.03. The van der Waals surface area contributed by atoms with Crippen LogP contribution in [0, 0.1) is 5.82 Å². The van der Waals surface area contributed by atoms with Crippen LogP contribution < -0.4 is 40.0 Å². The Bertz CT molecular complexity index is 1500. The van der Waals surface area contributed by atoms with Gasteiger partial charge in [-0.05, 0) is 42.8 Å². The van der Waals surface area contributed by atoms with Crippen LogP contribution in [0.15, 0.2) is 82.0 Å². The van der Waals surface area contributed by atoms with Crippen molar-refractivity contribution in [1.82, 2.24) is 4.98 Å². The predicted octanol–water partition coefficient (Wildman–Crippen LogP) is 3.19. The number of aromatic nitrogens is 1. The Morgan fingerprint density at radius 1 is 1.09 bits per heavy atom. The average molecular weight is 505 g/mol. The first kappa shape index (κ1) is 26.7. The summed E-state index contributed by atoms with van der Waals surface area (Å²) in [5, 5.41) is 8.87. The van der Waals surface area contributed by atoms with E-state index in [9.17, 15) is 17.4 Å². The molecule has 0 fully saturated rings. The predicted molar refractivity (Wildman–Crippen MR) is 129 cm³/mol. The SMILES string of the molecule is CCCOc1ccc(F)cc1-c1ccc(N=Nc2cc(S(=O)(=O)O)c3ccccc3c2N)cn1.[H-].[Na+]. The van der Waals surface area contributed by atoms with Gasteiger partial charge in [-0.1, -0.05) is 31.2 Å². The monoisotopic (exact) mass is 504 g/mol. The zero-order valence-corrected chi connectivity index (χ0v) is 22.0. The van der Waals surface area contributed by atoms with Crippen molar-refractivity contribution in [1.29, 1.82) is 0 Å². The van der Waals surface area contributed by atoms with Gasteiger partial charge in [0, 0.05) is 16.3 Å². The van der Waals surface area contributed by atoms with Gasteiger partial charge in [-0.2, -0.15) is 8.42 Å². The zero-order valence-electron chi connectivity index (χ0n) is 20.1. The summed E-state index contributed by atoms with van der Waals surface area (Å²) in [5.41, 5.74) is 7.82. The number of azo groups is 1. The quantitative estimate of drug-likeness (QED) is 0.172. The van der Waals surface area contributed by atoms with Crippen molar-refractivity contribution in [2.45, 2.75) is 18.2 Å². The van der Waals surface area contributed by atoms with Crippen molar-refractivity contribution in [3.8, 4) is 17.0 Å². The van der Waals surface area contributed by atoms with E-state index in [1.165, 1.54) is 24.4 Å². The molecule has 0 atom stereocenters. The Hall–Kier alpha value is -2.89. The summed E-state index contributed by atoms with van der Waals surface area (Å²) in [5.74, 6) is 0.109. The Kier molecular flexibility index (Phi) is 8.57. The molecule has 8 nitrogen and oxygen atoms in total. The zero-order chi connectivity index (χ0) is 24.3. The van der Waals surface area contributed by atoms with Gasteiger partial charge in [0.1, 0.15) is 27.8 Å². The first-order valence-corrected chi connectivity index (χ1v) is 11.8. The molecule has 4 aromatic rings. The first-order valence-electron chi connectivity index (χ1n) is 10.4. The van der Waals surface area contributed by atoms with Crippen molar-refractivity contribution in [3.63, 3.8) is 0 Å². The molecule has 1 heterocycles. The van der Waals surface area contributed by atoms with Gasteiger partial charge < -0.3 is 11.9 Å². The molecule has 3 aromatic carbocycles. The van der Waals surface area contributed by atoms with Crippen LogP contribution in [-0.4, -0.2) is 24.6 Å². The smallest absolute Gasteiger partial charge is 1.00 e. The second-order valence-electron chi connectivity index (χ2n) is 7.42. The summed E-state index contributed by atoms with van der Waals surface area (Å²) >= 11 is 0. The number of pyridine rings is 1. The fraction of sp³-hybridized carbons (Fsp3) is 0.125. The van der Waals surface area contributed by atoms with Crippen LogP contribution in [0.3, 0.4) is 0 Å². The molecule has 0 aliphatic carbocycles. The molecule has 0 saturated carbocycles. The van der Waals surface area contributed by atoms with E-state index < -0.39 is 15.9 Å². The number of nitrogens with zero attached hydrogens (tertiary/aromatic N) is 3. The third-order valence-electron chi connectivity index (χ3n) is 5.00. The van der Waals surface area contributed by atoms with E-state index in [-0.39, 0.29) is 52.6 Å². The average Bonchev–Trinajstić information content (AvgIpc) is 2.82. The van der Waals surface area contributed by atoms with Gasteiger partial charge in [0.2, 0.25) is 0 Å². The van der Waals surface area contributed by atoms with Crippen molar-refractivity contribution in [2.75, 3.05) is 12.3 Å². The second-order valence-corrected chi connectivity index (χ2v) is 8.81. The van der Waals surface area contributed by atoms with E-state index in [1.54, 1.807) is 42.5 Å². The van der Waals surface area contributed by atoms with Crippen LogP contribution in [0.25, 0.3) is 22.0 Å². The van der Waals surface area contributed by atoms with E-state index in [0.29, 0.717) is 34.7 Å². The number of nitrogens with two attached hydrogens (primary N) is 1. The molecule has 4 rings (SSSR count). The van der Waals surface area contributed by atoms with Gasteiger partial charge in [0.05, 0.1) is 24.2 Å². The van der Waals surface area contributed by atoms with Crippen molar-refractivity contribution in [3.05, 3.63) is 72.7 Å². The third-order valence-corrected chi connectivity index (χ3v) is 5.90. The number of benzene rings is 3. The van der Waals surface area contributed by atoms with E-state index >= 15 is 0 Å². The van der Waals surface area contributed by atoms with Crippen LogP contribution in [0.4, 0.5) is 21.5 Å². The number of hydrogen-bond acceptors (Lipinski definition) is 7. The minimum atomic E-state index is -4.51. The molecule has 0 aliphatic rings. The van der Waals surface area contributed by atoms with Gasteiger partial charge in [-0.15, -0.1) is 10.2 Å². The summed E-state index contributed by atoms with van der Waals surface area (Å²) in [7, 11) is -4.51. The molecular weight excluding hydrogens is 482 g/mol. The molecule has 0 amide bonds. The number of fused-ring (bicyclic) bond motifs is 1. The first-order chi connectivity index (χ1) is 16.3. The van der Waals surface area contributed by atoms with Crippen LogP contribution in [-0.2, 0) is 10.1 Å². The minimum absolute atomic E-state index is 0. The molecule has 0 radical (unpaired) electrons. The fourth-order valence-corrected chi connectivity index (χ4v) is 4.12. The standard InChI is InChI=1S/C24H21FN4O4S.Na.H/c1-2-11-33-22-10-7-15(25)12-19(22)20-9-8-16(14-27-20)28-29-21-13-23(34(30,31)32)17-5-3-4-6-18(17)24(21)26;;/h3-10,12-14H,2,11,26H2,1H3,(H,30,31,32);;/q;+1;-1. The van der Waals surface area contributed by atoms with Crippen molar-refractivity contribution in [2.24, 2.45) is 10.2 Å². The van der Waals surface area contributed by atoms with E-state index in [4.69, 9.17) is 10.5 Å². The molecule has 0 bridgehead atoms. The maximum atomic E-state index is 13.8. The molecule has 0 aliphatic heterocycles. The van der Waals surface area contributed by atoms with E-state index in [0.717, 1.165) is 6.42 Å². The number of ether oxygens (including phenoxy) is 1. The van der Waals surface area contributed by atoms with Gasteiger partial charge in [-0.3, -0.25) is 9.54 Å². The minimum Gasteiger partial charge on any atom is -1.00 e. The molecule has 0 saturated heterocycles. The van der Waals surface area contributed by atoms with Crippen LogP contribution in [0.1, 0.15) is 14.8 Å². The molecule has 3 N–H and O–H groups in total. The molecular formula is C24H22FN4NaO4S. The molecule has 11 heteroatoms. The topological polar surface area (TPSA) is 127 Å². The Morgan fingerprint density at radius 3 is 2.49 bits per heavy atom. The van der Waals surface area contributed by atoms with Gasteiger partial charge in [0.25, 0.3) is 10.1 Å². The Labute approximate surface area is 225 Å². The number of nitrogen functional groups attached to an aromatic ring is 1. The van der Waals surface area contributed by atoms with Crippen molar-refractivity contribution < 1.29 is 53.1 Å². The molecule has 35 heavy (non-hydrogen) atoms. The van der Waals surface area contributed by atoms with E-state index in [2.05, 4.69) is 15.2 Å². The largest absolute Gasteiger partial charge is 1.00 e. The number of hydrogen-bond donors (Lipinski definition) is 2. The number of anilines is 1. The Morgan fingerprint density at radius 2 is 1.83 bits per heavy atom. The normalized spacial score (nSPS) is 11.5. The maximum absolute atomic E-state index is 13.8. The number of rotatable bonds is 7. The van der Waals surface area contributed by atoms with Crippen LogP contribution in [0.5, 0.6) is 5.75 Å². The van der Waals surface area contributed by atoms with Gasteiger partial charge in [0.15, 0.2) is 0 Å². The Balaban J connectivity index is 0.00000228. The number of halogens is 1. The van der Waals surface area contributed by atoms with Crippen molar-refractivity contribution >= 4 is 38.0 Å². The summed E-state index contributed by atoms with van der Waals surface area (Å²) < 4.78 is 52.9. The van der Waals surface area contributed by atoms with Gasteiger partial charge >= 0.3 is 29.6 Å². The fourth-order valence-electron chi connectivity index (χ4n) is 3.40. The summed E-state index contributed by atoms with van der Waals surface area (Å²) in [4.78, 5) is 4.02. The molecule has 1 aromatic heterocycles. The summed E-state index contributed by atoms with van der Waals surface area (Å²) in [6.45, 7) is 2.46. The molecule has 0 spiro atoms. The van der Waals surface area contributed by atoms with Gasteiger partial charge in [-0.25, -0.2) is 4.39 Å². The van der Waals surface area contributed by atoms with Crippen LogP contribution >= 0.6 is 0 Å². The van der Waals surface area contributed by atoms with Crippen LogP contribution in [0.2, 0.25) is 0 Å². The summed E-state index contributed by atoms with van der Waals surface area (Å²) in [6.07, 6.45) is 2.25. The van der Waals surface area contributed by atoms with E-state index in [1.807, 2.05) is 6.92 Å². The molecule has 176 valence electrons. The molecule has 0 unspecified atom stereocenters. The second kappa shape index (κ2) is 11.2. The summed E-state index contributed by atoms with van der Waals surface area (Å²) in [6, 6.07) is 15.2.